The number of hydrogen-bond donors (Lipinski definition) is 2. The van der Waals surface area contributed by atoms with E-state index in [9.17, 15) is 9.50 Å². The Hall–Kier alpha value is -1.88. The largest absolute Gasteiger partial charge is 0.508 e. The van der Waals surface area contributed by atoms with Crippen LogP contribution in [-0.4, -0.2) is 15.1 Å². The third-order valence-corrected chi connectivity index (χ3v) is 2.69. The molecule has 4 nitrogen and oxygen atoms in total. The second kappa shape index (κ2) is 4.78. The highest BCUT2D eigenvalue weighted by atomic mass is 35.5. The maximum Gasteiger partial charge on any atom is 0.224 e. The predicted octanol–water partition coefficient (Wildman–Crippen LogP) is 3.34. The van der Waals surface area contributed by atoms with Gasteiger partial charge in [0.1, 0.15) is 5.75 Å². The molecule has 0 saturated carbocycles. The first-order valence-electron chi connectivity index (χ1n) is 5.22. The van der Waals surface area contributed by atoms with Crippen molar-refractivity contribution in [3.05, 3.63) is 40.6 Å². The summed E-state index contributed by atoms with van der Waals surface area (Å²) in [5.74, 6) is -0.396. The summed E-state index contributed by atoms with van der Waals surface area (Å²) in [7, 11) is 0. The molecular weight excluding hydrogens is 257 g/mol. The van der Waals surface area contributed by atoms with Gasteiger partial charge in [0.15, 0.2) is 11.6 Å². The van der Waals surface area contributed by atoms with Crippen molar-refractivity contribution in [3.63, 3.8) is 0 Å². The summed E-state index contributed by atoms with van der Waals surface area (Å²) < 4.78 is 13.5. The summed E-state index contributed by atoms with van der Waals surface area (Å²) in [6.07, 6.45) is 1.00. The Balaban J connectivity index is 2.40. The molecule has 0 aliphatic heterocycles. The zero-order valence-corrected chi connectivity index (χ0v) is 10.6. The van der Waals surface area contributed by atoms with E-state index in [4.69, 9.17) is 11.6 Å². The number of phenolic OH excluding ortho intramolecular Hbond substituents is 1. The molecule has 6 heteroatoms. The molecule has 1 heterocycles. The molecule has 0 atom stereocenters. The normalized spacial score (nSPS) is 10.4. The maximum atomic E-state index is 13.5. The standard InChI is InChI=1S/C12H11ClFN3O/c1-6-4-10(18)7(2)3-9(6)16-11-8(14)5-15-12(13)17-11/h3-5,18H,1-2H3,(H,15,16,17). The van der Waals surface area contributed by atoms with E-state index in [2.05, 4.69) is 15.3 Å². The van der Waals surface area contributed by atoms with Crippen LogP contribution in [0.3, 0.4) is 0 Å². The van der Waals surface area contributed by atoms with Crippen LogP contribution in [0.15, 0.2) is 18.3 Å². The number of anilines is 2. The van der Waals surface area contributed by atoms with Crippen molar-refractivity contribution in [2.24, 2.45) is 0 Å². The highest BCUT2D eigenvalue weighted by Crippen LogP contribution is 2.27. The minimum Gasteiger partial charge on any atom is -0.508 e. The molecule has 2 rings (SSSR count). The fourth-order valence-corrected chi connectivity index (χ4v) is 1.63. The lowest BCUT2D eigenvalue weighted by Crippen LogP contribution is -2.00. The van der Waals surface area contributed by atoms with Gasteiger partial charge in [-0.2, -0.15) is 4.98 Å². The van der Waals surface area contributed by atoms with Gasteiger partial charge in [0, 0.05) is 5.69 Å². The monoisotopic (exact) mass is 267 g/mol. The lowest BCUT2D eigenvalue weighted by Gasteiger charge is -2.11. The molecule has 2 aromatic rings. The zero-order chi connectivity index (χ0) is 13.3. The van der Waals surface area contributed by atoms with Gasteiger partial charge in [-0.15, -0.1) is 0 Å². The number of rotatable bonds is 2. The number of hydrogen-bond acceptors (Lipinski definition) is 4. The van der Waals surface area contributed by atoms with Gasteiger partial charge in [0.25, 0.3) is 0 Å². The Morgan fingerprint density at radius 3 is 2.72 bits per heavy atom. The van der Waals surface area contributed by atoms with Gasteiger partial charge in [0.2, 0.25) is 5.28 Å². The van der Waals surface area contributed by atoms with Crippen LogP contribution in [0.25, 0.3) is 0 Å². The van der Waals surface area contributed by atoms with E-state index in [0.717, 1.165) is 11.8 Å². The molecule has 1 aromatic heterocycles. The van der Waals surface area contributed by atoms with Crippen LogP contribution in [0.5, 0.6) is 5.75 Å². The number of halogens is 2. The molecule has 94 valence electrons. The molecule has 2 N–H and O–H groups in total. The molecule has 18 heavy (non-hydrogen) atoms. The van der Waals surface area contributed by atoms with Gasteiger partial charge in [-0.1, -0.05) is 0 Å². The molecule has 0 amide bonds. The molecule has 0 fully saturated rings. The van der Waals surface area contributed by atoms with Crippen molar-refractivity contribution in [2.45, 2.75) is 13.8 Å². The first kappa shape index (κ1) is 12.6. The van der Waals surface area contributed by atoms with Gasteiger partial charge in [-0.25, -0.2) is 9.37 Å². The molecular formula is C12H11ClFN3O. The van der Waals surface area contributed by atoms with E-state index in [1.807, 2.05) is 0 Å². The molecule has 0 aliphatic carbocycles. The zero-order valence-electron chi connectivity index (χ0n) is 9.83. The summed E-state index contributed by atoms with van der Waals surface area (Å²) in [4.78, 5) is 7.30. The Morgan fingerprint density at radius 2 is 2.00 bits per heavy atom. The Bertz CT molecular complexity index is 604. The summed E-state index contributed by atoms with van der Waals surface area (Å²) in [6.45, 7) is 3.55. The van der Waals surface area contributed by atoms with E-state index < -0.39 is 5.82 Å². The maximum absolute atomic E-state index is 13.5. The van der Waals surface area contributed by atoms with E-state index >= 15 is 0 Å². The number of aryl methyl sites for hydroxylation is 2. The van der Waals surface area contributed by atoms with E-state index in [1.54, 1.807) is 26.0 Å². The van der Waals surface area contributed by atoms with E-state index in [-0.39, 0.29) is 16.9 Å². The van der Waals surface area contributed by atoms with Crippen molar-refractivity contribution >= 4 is 23.1 Å². The third-order valence-electron chi connectivity index (χ3n) is 2.51. The quantitative estimate of drug-likeness (QED) is 0.647. The van der Waals surface area contributed by atoms with Crippen LogP contribution < -0.4 is 5.32 Å². The molecule has 1 aromatic carbocycles. The predicted molar refractivity (Wildman–Crippen MR) is 67.9 cm³/mol. The fourth-order valence-electron chi connectivity index (χ4n) is 1.50. The van der Waals surface area contributed by atoms with Gasteiger partial charge in [0.05, 0.1) is 6.20 Å². The number of nitrogens with zero attached hydrogens (tertiary/aromatic N) is 2. The molecule has 0 bridgehead atoms. The van der Waals surface area contributed by atoms with Crippen LogP contribution in [0, 0.1) is 19.7 Å². The number of aromatic hydroxyl groups is 1. The summed E-state index contributed by atoms with van der Waals surface area (Å²) >= 11 is 5.61. The number of aromatic nitrogens is 2. The van der Waals surface area contributed by atoms with Crippen molar-refractivity contribution in [3.8, 4) is 5.75 Å². The van der Waals surface area contributed by atoms with Crippen molar-refractivity contribution in [1.29, 1.82) is 0 Å². The van der Waals surface area contributed by atoms with Gasteiger partial charge < -0.3 is 10.4 Å². The molecule has 0 radical (unpaired) electrons. The average Bonchev–Trinajstić information content (AvgIpc) is 2.30. The van der Waals surface area contributed by atoms with Gasteiger partial charge in [-0.05, 0) is 48.7 Å². The van der Waals surface area contributed by atoms with Crippen LogP contribution in [-0.2, 0) is 0 Å². The average molecular weight is 268 g/mol. The van der Waals surface area contributed by atoms with Gasteiger partial charge in [-0.3, -0.25) is 0 Å². The third kappa shape index (κ3) is 2.51. The highest BCUT2D eigenvalue weighted by Gasteiger charge is 2.09. The Morgan fingerprint density at radius 1 is 1.28 bits per heavy atom. The van der Waals surface area contributed by atoms with Gasteiger partial charge >= 0.3 is 0 Å². The second-order valence-electron chi connectivity index (χ2n) is 3.91. The summed E-state index contributed by atoms with van der Waals surface area (Å²) in [6, 6.07) is 3.30. The van der Waals surface area contributed by atoms with Crippen molar-refractivity contribution < 1.29 is 9.50 Å². The Kier molecular flexibility index (Phi) is 3.34. The van der Waals surface area contributed by atoms with Crippen molar-refractivity contribution in [2.75, 3.05) is 5.32 Å². The summed E-state index contributed by atoms with van der Waals surface area (Å²) in [5, 5.41) is 12.3. The van der Waals surface area contributed by atoms with Crippen LogP contribution >= 0.6 is 11.6 Å². The first-order valence-corrected chi connectivity index (χ1v) is 5.60. The molecule has 0 unspecified atom stereocenters. The fraction of sp³-hybridized carbons (Fsp3) is 0.167. The molecule has 0 aliphatic rings. The smallest absolute Gasteiger partial charge is 0.224 e. The minimum absolute atomic E-state index is 0.00295. The Labute approximate surface area is 108 Å². The lowest BCUT2D eigenvalue weighted by atomic mass is 10.1. The SMILES string of the molecule is Cc1cc(Nc2nc(Cl)ncc2F)c(C)cc1O. The van der Waals surface area contributed by atoms with Crippen molar-refractivity contribution in [1.82, 2.24) is 9.97 Å². The first-order chi connectivity index (χ1) is 8.47. The minimum atomic E-state index is -0.593. The van der Waals surface area contributed by atoms with E-state index in [0.29, 0.717) is 11.3 Å². The molecule has 0 saturated heterocycles. The van der Waals surface area contributed by atoms with E-state index in [1.165, 1.54) is 0 Å². The number of benzene rings is 1. The molecule has 0 spiro atoms. The topological polar surface area (TPSA) is 58.0 Å². The number of nitrogens with one attached hydrogen (secondary N) is 1. The van der Waals surface area contributed by atoms with Crippen LogP contribution in [0.4, 0.5) is 15.9 Å². The number of phenols is 1. The highest BCUT2D eigenvalue weighted by molar-refractivity contribution is 6.28. The second-order valence-corrected chi connectivity index (χ2v) is 4.25. The van der Waals surface area contributed by atoms with Crippen LogP contribution in [0.1, 0.15) is 11.1 Å². The lowest BCUT2D eigenvalue weighted by molar-refractivity contribution is 0.471. The van der Waals surface area contributed by atoms with Crippen LogP contribution in [0.2, 0.25) is 5.28 Å². The summed E-state index contributed by atoms with van der Waals surface area (Å²) in [5.41, 5.74) is 2.11.